The fraction of sp³-hybridized carbons (Fsp3) is 0.235. The second-order valence-corrected chi connectivity index (χ2v) is 5.88. The van der Waals surface area contributed by atoms with Gasteiger partial charge >= 0.3 is 5.97 Å². The van der Waals surface area contributed by atoms with Gasteiger partial charge in [-0.1, -0.05) is 24.3 Å². The molecule has 2 aromatic carbocycles. The molecule has 108 valence electrons. The number of methoxy groups -OCH3 is 1. The number of hydrogen-bond acceptors (Lipinski definition) is 3. The lowest BCUT2D eigenvalue weighted by Crippen LogP contribution is -2.06. The van der Waals surface area contributed by atoms with Crippen molar-refractivity contribution >= 4 is 39.5 Å². The molecule has 1 heterocycles. The van der Waals surface area contributed by atoms with Gasteiger partial charge in [0, 0.05) is 21.2 Å². The molecule has 0 saturated carbocycles. The quantitative estimate of drug-likeness (QED) is 0.585. The predicted octanol–water partition coefficient (Wildman–Crippen LogP) is 4.07. The van der Waals surface area contributed by atoms with Gasteiger partial charge in [-0.3, -0.25) is 4.79 Å². The summed E-state index contributed by atoms with van der Waals surface area (Å²) in [6, 6.07) is 10.4. The molecular weight excluding hydrogens is 282 g/mol. The Kier molecular flexibility index (Phi) is 3.64. The molecule has 0 amide bonds. The number of nitrogens with one attached hydrogen (secondary N) is 1. The maximum Gasteiger partial charge on any atom is 0.310 e. The molecule has 0 bridgehead atoms. The van der Waals surface area contributed by atoms with Crippen LogP contribution in [0, 0.1) is 6.92 Å². The second-order valence-electron chi connectivity index (χ2n) is 5.06. The third kappa shape index (κ3) is 2.29. The van der Waals surface area contributed by atoms with Crippen molar-refractivity contribution in [3.05, 3.63) is 41.5 Å². The van der Waals surface area contributed by atoms with Gasteiger partial charge in [-0.15, -0.1) is 11.8 Å². The van der Waals surface area contributed by atoms with Gasteiger partial charge in [0.15, 0.2) is 0 Å². The number of esters is 1. The van der Waals surface area contributed by atoms with Crippen LogP contribution in [0.15, 0.2) is 35.2 Å². The van der Waals surface area contributed by atoms with Crippen LogP contribution in [0.2, 0.25) is 0 Å². The first kappa shape index (κ1) is 14.0. The van der Waals surface area contributed by atoms with Crippen LogP contribution in [-0.4, -0.2) is 24.3 Å². The van der Waals surface area contributed by atoms with Crippen LogP contribution in [-0.2, 0) is 16.0 Å². The Bertz CT molecular complexity index is 836. The van der Waals surface area contributed by atoms with E-state index in [4.69, 9.17) is 4.74 Å². The lowest BCUT2D eigenvalue weighted by atomic mass is 10.0. The second kappa shape index (κ2) is 5.45. The van der Waals surface area contributed by atoms with Crippen molar-refractivity contribution in [1.82, 2.24) is 4.98 Å². The number of fused-ring (bicyclic) bond motifs is 3. The highest BCUT2D eigenvalue weighted by atomic mass is 32.2. The van der Waals surface area contributed by atoms with Crippen LogP contribution in [0.25, 0.3) is 21.8 Å². The number of carbonyl (C=O) groups is 1. The van der Waals surface area contributed by atoms with Gasteiger partial charge in [0.1, 0.15) is 0 Å². The van der Waals surface area contributed by atoms with Gasteiger partial charge in [-0.05, 0) is 30.4 Å². The predicted molar refractivity (Wildman–Crippen MR) is 88.0 cm³/mol. The number of benzene rings is 2. The Labute approximate surface area is 127 Å². The molecule has 1 aromatic heterocycles. The number of ether oxygens (including phenoxy) is 1. The van der Waals surface area contributed by atoms with E-state index in [0.29, 0.717) is 6.42 Å². The molecule has 0 spiro atoms. The molecule has 0 aliphatic rings. The zero-order valence-electron chi connectivity index (χ0n) is 12.3. The van der Waals surface area contributed by atoms with E-state index in [1.54, 1.807) is 11.8 Å². The minimum Gasteiger partial charge on any atom is -0.469 e. The summed E-state index contributed by atoms with van der Waals surface area (Å²) in [5, 5.41) is 2.47. The first-order valence-corrected chi connectivity index (χ1v) is 8.02. The SMILES string of the molecule is COC(=O)Cc1cc(C)c2c([nH]c3ccccc32)c1SC. The summed E-state index contributed by atoms with van der Waals surface area (Å²) in [5.41, 5.74) is 4.44. The van der Waals surface area contributed by atoms with Crippen molar-refractivity contribution in [2.24, 2.45) is 0 Å². The first-order valence-electron chi connectivity index (χ1n) is 6.79. The lowest BCUT2D eigenvalue weighted by Gasteiger charge is -2.10. The maximum absolute atomic E-state index is 11.6. The Morgan fingerprint density at radius 3 is 2.81 bits per heavy atom. The van der Waals surface area contributed by atoms with Crippen molar-refractivity contribution in [1.29, 1.82) is 0 Å². The summed E-state index contributed by atoms with van der Waals surface area (Å²) in [7, 11) is 1.43. The first-order chi connectivity index (χ1) is 10.2. The van der Waals surface area contributed by atoms with E-state index < -0.39 is 0 Å². The van der Waals surface area contributed by atoms with E-state index in [1.165, 1.54) is 23.4 Å². The van der Waals surface area contributed by atoms with E-state index >= 15 is 0 Å². The number of thioether (sulfide) groups is 1. The third-order valence-corrected chi connectivity index (χ3v) is 4.65. The summed E-state index contributed by atoms with van der Waals surface area (Å²) in [6.45, 7) is 2.09. The van der Waals surface area contributed by atoms with Crippen molar-refractivity contribution in [3.63, 3.8) is 0 Å². The number of rotatable bonds is 3. The lowest BCUT2D eigenvalue weighted by molar-refractivity contribution is -0.139. The normalized spacial score (nSPS) is 11.2. The Balaban J connectivity index is 2.32. The molecule has 21 heavy (non-hydrogen) atoms. The van der Waals surface area contributed by atoms with Crippen LogP contribution in [0.4, 0.5) is 0 Å². The zero-order valence-corrected chi connectivity index (χ0v) is 13.1. The number of aromatic amines is 1. The zero-order chi connectivity index (χ0) is 15.0. The van der Waals surface area contributed by atoms with Gasteiger partial charge in [0.25, 0.3) is 0 Å². The van der Waals surface area contributed by atoms with Crippen LogP contribution in [0.1, 0.15) is 11.1 Å². The summed E-state index contributed by atoms with van der Waals surface area (Å²) in [4.78, 5) is 16.2. The number of hydrogen-bond donors (Lipinski definition) is 1. The monoisotopic (exact) mass is 299 g/mol. The smallest absolute Gasteiger partial charge is 0.310 e. The minimum absolute atomic E-state index is 0.208. The molecule has 3 nitrogen and oxygen atoms in total. The molecular formula is C17H17NO2S. The average Bonchev–Trinajstić information content (AvgIpc) is 2.87. The van der Waals surface area contributed by atoms with Crippen molar-refractivity contribution in [3.8, 4) is 0 Å². The van der Waals surface area contributed by atoms with E-state index in [0.717, 1.165) is 21.5 Å². The maximum atomic E-state index is 11.6. The molecule has 0 atom stereocenters. The van der Waals surface area contributed by atoms with Gasteiger partial charge in [0.2, 0.25) is 0 Å². The van der Waals surface area contributed by atoms with Crippen molar-refractivity contribution in [2.45, 2.75) is 18.2 Å². The van der Waals surface area contributed by atoms with Gasteiger partial charge in [0.05, 0.1) is 19.0 Å². The standard InChI is InChI=1S/C17H17NO2S/c1-10-8-11(9-14(19)20-2)17(21-3)16-15(10)12-6-4-5-7-13(12)18-16/h4-8,18H,9H2,1-3H3. The molecule has 1 N–H and O–H groups in total. The fourth-order valence-electron chi connectivity index (χ4n) is 2.87. The van der Waals surface area contributed by atoms with Crippen LogP contribution in [0.5, 0.6) is 0 Å². The van der Waals surface area contributed by atoms with Gasteiger partial charge < -0.3 is 9.72 Å². The summed E-state index contributed by atoms with van der Waals surface area (Å²) in [5.74, 6) is -0.208. The number of para-hydroxylation sites is 1. The van der Waals surface area contributed by atoms with Crippen molar-refractivity contribution in [2.75, 3.05) is 13.4 Å². The van der Waals surface area contributed by atoms with Gasteiger partial charge in [-0.25, -0.2) is 0 Å². The fourth-order valence-corrected chi connectivity index (χ4v) is 3.62. The molecule has 0 fully saturated rings. The average molecular weight is 299 g/mol. The highest BCUT2D eigenvalue weighted by Crippen LogP contribution is 2.36. The highest BCUT2D eigenvalue weighted by molar-refractivity contribution is 7.98. The number of aryl methyl sites for hydroxylation is 1. The number of carbonyl (C=O) groups excluding carboxylic acids is 1. The Hall–Kier alpha value is -1.94. The third-order valence-electron chi connectivity index (χ3n) is 3.78. The number of aromatic nitrogens is 1. The largest absolute Gasteiger partial charge is 0.469 e. The van der Waals surface area contributed by atoms with E-state index in [2.05, 4.69) is 36.2 Å². The molecule has 0 aliphatic heterocycles. The van der Waals surface area contributed by atoms with Crippen LogP contribution in [0.3, 0.4) is 0 Å². The molecule has 0 aliphatic carbocycles. The summed E-state index contributed by atoms with van der Waals surface area (Å²) in [6.07, 6.45) is 2.34. The topological polar surface area (TPSA) is 42.1 Å². The highest BCUT2D eigenvalue weighted by Gasteiger charge is 2.16. The molecule has 0 unspecified atom stereocenters. The van der Waals surface area contributed by atoms with E-state index in [9.17, 15) is 4.79 Å². The minimum atomic E-state index is -0.208. The van der Waals surface area contributed by atoms with E-state index in [-0.39, 0.29) is 5.97 Å². The molecule has 0 radical (unpaired) electrons. The van der Waals surface area contributed by atoms with Gasteiger partial charge in [-0.2, -0.15) is 0 Å². The molecule has 0 saturated heterocycles. The molecule has 3 aromatic rings. The van der Waals surface area contributed by atoms with Crippen LogP contribution >= 0.6 is 11.8 Å². The summed E-state index contributed by atoms with van der Waals surface area (Å²) >= 11 is 1.66. The van der Waals surface area contributed by atoms with Crippen molar-refractivity contribution < 1.29 is 9.53 Å². The van der Waals surface area contributed by atoms with E-state index in [1.807, 2.05) is 12.3 Å². The van der Waals surface area contributed by atoms with Crippen LogP contribution < -0.4 is 0 Å². The Morgan fingerprint density at radius 1 is 1.33 bits per heavy atom. The number of H-pyrrole nitrogens is 1. The summed E-state index contributed by atoms with van der Waals surface area (Å²) < 4.78 is 4.81. The Morgan fingerprint density at radius 2 is 2.10 bits per heavy atom. The molecule has 3 rings (SSSR count). The molecule has 4 heteroatoms.